The molecule has 1 aliphatic rings. The first-order valence-corrected chi connectivity index (χ1v) is 8.18. The highest BCUT2D eigenvalue weighted by molar-refractivity contribution is 5.85. The van der Waals surface area contributed by atoms with Crippen molar-refractivity contribution < 1.29 is 4.74 Å². The fourth-order valence-corrected chi connectivity index (χ4v) is 3.19. The van der Waals surface area contributed by atoms with Crippen molar-refractivity contribution in [2.45, 2.75) is 25.5 Å². The van der Waals surface area contributed by atoms with Crippen LogP contribution in [0.4, 0.5) is 0 Å². The Kier molecular flexibility index (Phi) is 3.98. The maximum Gasteiger partial charge on any atom is 0.129 e. The molecular weight excluding hydrogens is 290 g/mol. The molecule has 4 rings (SSSR count). The molecule has 1 aromatic carbocycles. The summed E-state index contributed by atoms with van der Waals surface area (Å²) in [6.07, 6.45) is 8.04. The summed E-state index contributed by atoms with van der Waals surface area (Å²) < 4.78 is 8.14. The zero-order chi connectivity index (χ0) is 15.5. The predicted molar refractivity (Wildman–Crippen MR) is 88.4 cm³/mol. The maximum absolute atomic E-state index is 6.25. The third-order valence-corrected chi connectivity index (χ3v) is 4.50. The van der Waals surface area contributed by atoms with Gasteiger partial charge in [0.15, 0.2) is 0 Å². The van der Waals surface area contributed by atoms with E-state index in [0.29, 0.717) is 6.10 Å². The van der Waals surface area contributed by atoms with Crippen LogP contribution in [0.1, 0.15) is 12.8 Å². The van der Waals surface area contributed by atoms with Gasteiger partial charge in [-0.05, 0) is 31.0 Å². The molecule has 0 radical (unpaired) electrons. The SMILES string of the molecule is c1cc(OC2CCN(CCn3ccnn3)CC2)c2cc[nH]c2c1. The fourth-order valence-electron chi connectivity index (χ4n) is 3.19. The molecule has 23 heavy (non-hydrogen) atoms. The third-order valence-electron chi connectivity index (χ3n) is 4.50. The van der Waals surface area contributed by atoms with E-state index in [1.165, 1.54) is 5.39 Å². The Morgan fingerprint density at radius 3 is 2.91 bits per heavy atom. The number of nitrogens with zero attached hydrogens (tertiary/aromatic N) is 4. The summed E-state index contributed by atoms with van der Waals surface area (Å²) in [5.41, 5.74) is 1.13. The van der Waals surface area contributed by atoms with Gasteiger partial charge in [-0.2, -0.15) is 0 Å². The van der Waals surface area contributed by atoms with E-state index < -0.39 is 0 Å². The monoisotopic (exact) mass is 311 g/mol. The molecule has 6 nitrogen and oxygen atoms in total. The topological polar surface area (TPSA) is 59.0 Å². The number of ether oxygens (including phenoxy) is 1. The largest absolute Gasteiger partial charge is 0.490 e. The van der Waals surface area contributed by atoms with Gasteiger partial charge in [0, 0.05) is 42.9 Å². The molecule has 1 aliphatic heterocycles. The Labute approximate surface area is 135 Å². The summed E-state index contributed by atoms with van der Waals surface area (Å²) in [5, 5.41) is 9.01. The number of H-pyrrole nitrogens is 1. The van der Waals surface area contributed by atoms with E-state index in [9.17, 15) is 0 Å². The number of hydrogen-bond acceptors (Lipinski definition) is 4. The lowest BCUT2D eigenvalue weighted by molar-refractivity contribution is 0.0991. The Bertz CT molecular complexity index is 743. The van der Waals surface area contributed by atoms with Gasteiger partial charge in [-0.15, -0.1) is 5.10 Å². The van der Waals surface area contributed by atoms with Crippen LogP contribution in [0.5, 0.6) is 5.75 Å². The van der Waals surface area contributed by atoms with Crippen molar-refractivity contribution in [3.63, 3.8) is 0 Å². The van der Waals surface area contributed by atoms with Crippen molar-refractivity contribution in [3.8, 4) is 5.75 Å². The van der Waals surface area contributed by atoms with Crippen LogP contribution in [0.15, 0.2) is 42.9 Å². The van der Waals surface area contributed by atoms with E-state index in [4.69, 9.17) is 4.74 Å². The third kappa shape index (κ3) is 3.22. The highest BCUT2D eigenvalue weighted by atomic mass is 16.5. The molecule has 0 atom stereocenters. The first kappa shape index (κ1) is 14.3. The van der Waals surface area contributed by atoms with Gasteiger partial charge in [0.2, 0.25) is 0 Å². The average molecular weight is 311 g/mol. The lowest BCUT2D eigenvalue weighted by atomic mass is 10.1. The number of likely N-dealkylation sites (tertiary alicyclic amines) is 1. The molecule has 3 aromatic rings. The Balaban J connectivity index is 1.30. The second-order valence-corrected chi connectivity index (χ2v) is 6.02. The molecule has 1 fully saturated rings. The quantitative estimate of drug-likeness (QED) is 0.785. The molecule has 0 bridgehead atoms. The molecule has 1 saturated heterocycles. The van der Waals surface area contributed by atoms with Gasteiger partial charge in [-0.1, -0.05) is 11.3 Å². The lowest BCUT2D eigenvalue weighted by Crippen LogP contribution is -2.39. The summed E-state index contributed by atoms with van der Waals surface area (Å²) in [6.45, 7) is 4.06. The van der Waals surface area contributed by atoms with Crippen LogP contribution in [0.3, 0.4) is 0 Å². The van der Waals surface area contributed by atoms with Crippen molar-refractivity contribution in [1.82, 2.24) is 24.9 Å². The number of fused-ring (bicyclic) bond motifs is 1. The van der Waals surface area contributed by atoms with Crippen LogP contribution in [0, 0.1) is 0 Å². The molecule has 0 unspecified atom stereocenters. The minimum Gasteiger partial charge on any atom is -0.490 e. The Hall–Kier alpha value is -2.34. The van der Waals surface area contributed by atoms with Crippen molar-refractivity contribution in [2.24, 2.45) is 0 Å². The summed E-state index contributed by atoms with van der Waals surface area (Å²) in [6, 6.07) is 8.27. The van der Waals surface area contributed by atoms with E-state index in [1.54, 1.807) is 6.20 Å². The molecule has 0 aliphatic carbocycles. The second kappa shape index (κ2) is 6.42. The standard InChI is InChI=1S/C17H21N5O/c1-2-16-15(4-7-18-16)17(3-1)23-14-5-9-21(10-6-14)12-13-22-11-8-19-20-22/h1-4,7-8,11,14,18H,5-6,9-10,12-13H2. The number of nitrogens with one attached hydrogen (secondary N) is 1. The first-order chi connectivity index (χ1) is 11.4. The zero-order valence-electron chi connectivity index (χ0n) is 13.1. The lowest BCUT2D eigenvalue weighted by Gasteiger charge is -2.32. The first-order valence-electron chi connectivity index (χ1n) is 8.18. The number of hydrogen-bond donors (Lipinski definition) is 1. The number of rotatable bonds is 5. The highest BCUT2D eigenvalue weighted by Crippen LogP contribution is 2.27. The van der Waals surface area contributed by atoms with Crippen molar-refractivity contribution >= 4 is 10.9 Å². The number of piperidine rings is 1. The highest BCUT2D eigenvalue weighted by Gasteiger charge is 2.21. The van der Waals surface area contributed by atoms with Crippen LogP contribution < -0.4 is 4.74 Å². The van der Waals surface area contributed by atoms with E-state index >= 15 is 0 Å². The van der Waals surface area contributed by atoms with Crippen molar-refractivity contribution in [2.75, 3.05) is 19.6 Å². The second-order valence-electron chi connectivity index (χ2n) is 6.02. The van der Waals surface area contributed by atoms with E-state index in [1.807, 2.05) is 23.1 Å². The Morgan fingerprint density at radius 1 is 1.17 bits per heavy atom. The van der Waals surface area contributed by atoms with Gasteiger partial charge in [0.1, 0.15) is 11.9 Å². The summed E-state index contributed by atoms with van der Waals surface area (Å²) >= 11 is 0. The molecule has 1 N–H and O–H groups in total. The normalized spacial score (nSPS) is 16.9. The van der Waals surface area contributed by atoms with Crippen LogP contribution in [0.25, 0.3) is 10.9 Å². The molecule has 3 heterocycles. The Morgan fingerprint density at radius 2 is 2.09 bits per heavy atom. The van der Waals surface area contributed by atoms with E-state index in [0.717, 1.165) is 50.3 Å². The van der Waals surface area contributed by atoms with Gasteiger partial charge < -0.3 is 14.6 Å². The molecule has 120 valence electrons. The van der Waals surface area contributed by atoms with E-state index in [-0.39, 0.29) is 0 Å². The van der Waals surface area contributed by atoms with Gasteiger partial charge in [-0.3, -0.25) is 4.68 Å². The average Bonchev–Trinajstić information content (AvgIpc) is 3.26. The van der Waals surface area contributed by atoms with Gasteiger partial charge in [0.25, 0.3) is 0 Å². The van der Waals surface area contributed by atoms with Crippen LogP contribution >= 0.6 is 0 Å². The zero-order valence-corrected chi connectivity index (χ0v) is 13.1. The molecule has 0 amide bonds. The maximum atomic E-state index is 6.25. The van der Waals surface area contributed by atoms with Gasteiger partial charge in [0.05, 0.1) is 12.7 Å². The minimum atomic E-state index is 0.304. The van der Waals surface area contributed by atoms with E-state index in [2.05, 4.69) is 38.4 Å². The van der Waals surface area contributed by atoms with Crippen molar-refractivity contribution in [1.29, 1.82) is 0 Å². The van der Waals surface area contributed by atoms with Crippen LogP contribution in [0.2, 0.25) is 0 Å². The number of aromatic nitrogens is 4. The van der Waals surface area contributed by atoms with Crippen LogP contribution in [-0.4, -0.2) is 50.6 Å². The molecule has 2 aromatic heterocycles. The summed E-state index contributed by atoms with van der Waals surface area (Å²) in [4.78, 5) is 5.70. The molecule has 0 spiro atoms. The predicted octanol–water partition coefficient (Wildman–Crippen LogP) is 2.30. The van der Waals surface area contributed by atoms with Gasteiger partial charge in [-0.25, -0.2) is 0 Å². The fraction of sp³-hybridized carbons (Fsp3) is 0.412. The smallest absolute Gasteiger partial charge is 0.129 e. The number of aromatic amines is 1. The van der Waals surface area contributed by atoms with Crippen LogP contribution in [-0.2, 0) is 6.54 Å². The molecule has 6 heteroatoms. The summed E-state index contributed by atoms with van der Waals surface area (Å²) in [7, 11) is 0. The number of benzene rings is 1. The van der Waals surface area contributed by atoms with Crippen molar-refractivity contribution in [3.05, 3.63) is 42.9 Å². The molecular formula is C17H21N5O. The molecule has 0 saturated carbocycles. The summed E-state index contributed by atoms with van der Waals surface area (Å²) in [5.74, 6) is 0.991. The van der Waals surface area contributed by atoms with Gasteiger partial charge >= 0.3 is 0 Å². The minimum absolute atomic E-state index is 0.304.